The molecular formula is C18H19IN2O5. The Balaban J connectivity index is 2.12. The number of ether oxygens (including phenoxy) is 3. The van der Waals surface area contributed by atoms with Crippen molar-refractivity contribution in [1.29, 1.82) is 0 Å². The van der Waals surface area contributed by atoms with Crippen LogP contribution in [-0.4, -0.2) is 38.1 Å². The largest absolute Gasteiger partial charge is 0.504 e. The Morgan fingerprint density at radius 2 is 1.92 bits per heavy atom. The van der Waals surface area contributed by atoms with Gasteiger partial charge in [0.05, 0.1) is 30.6 Å². The summed E-state index contributed by atoms with van der Waals surface area (Å²) in [4.78, 5) is 12.2. The van der Waals surface area contributed by atoms with E-state index in [0.29, 0.717) is 38.6 Å². The van der Waals surface area contributed by atoms with Crippen molar-refractivity contribution in [3.05, 3.63) is 45.0 Å². The minimum absolute atomic E-state index is 0.0824. The SMILES string of the molecule is CCOc1cc(/C=N/NC(=O)c2ccc(OC)c(OC)c2)cc(I)c1O. The molecule has 0 spiro atoms. The number of phenolic OH excluding ortho intramolecular Hbond substituents is 1. The molecule has 2 aromatic carbocycles. The molecule has 0 atom stereocenters. The molecule has 2 aromatic rings. The van der Waals surface area contributed by atoms with E-state index in [0.717, 1.165) is 0 Å². The third-order valence-electron chi connectivity index (χ3n) is 3.38. The van der Waals surface area contributed by atoms with Gasteiger partial charge in [-0.05, 0) is 65.4 Å². The summed E-state index contributed by atoms with van der Waals surface area (Å²) in [5.41, 5.74) is 3.52. The molecule has 2 N–H and O–H groups in total. The number of carbonyl (C=O) groups is 1. The van der Waals surface area contributed by atoms with Crippen molar-refractivity contribution in [2.75, 3.05) is 20.8 Å². The topological polar surface area (TPSA) is 89.4 Å². The normalized spacial score (nSPS) is 10.6. The number of methoxy groups -OCH3 is 2. The maximum Gasteiger partial charge on any atom is 0.271 e. The second-order valence-electron chi connectivity index (χ2n) is 5.05. The average molecular weight is 470 g/mol. The molecule has 0 heterocycles. The Kier molecular flexibility index (Phi) is 7.07. The van der Waals surface area contributed by atoms with Gasteiger partial charge in [0.2, 0.25) is 0 Å². The number of amides is 1. The van der Waals surface area contributed by atoms with Gasteiger partial charge in [0.25, 0.3) is 5.91 Å². The molecular weight excluding hydrogens is 451 g/mol. The van der Waals surface area contributed by atoms with Gasteiger partial charge in [-0.1, -0.05) is 0 Å². The monoisotopic (exact) mass is 470 g/mol. The molecule has 2 rings (SSSR count). The highest BCUT2D eigenvalue weighted by Crippen LogP contribution is 2.32. The predicted octanol–water partition coefficient (Wildman–Crippen LogP) is 3.18. The zero-order valence-electron chi connectivity index (χ0n) is 14.6. The number of nitrogens with one attached hydrogen (secondary N) is 1. The summed E-state index contributed by atoms with van der Waals surface area (Å²) >= 11 is 2.00. The highest BCUT2D eigenvalue weighted by molar-refractivity contribution is 14.1. The van der Waals surface area contributed by atoms with Crippen LogP contribution in [0.1, 0.15) is 22.8 Å². The molecule has 0 radical (unpaired) electrons. The van der Waals surface area contributed by atoms with Crippen molar-refractivity contribution < 1.29 is 24.1 Å². The fourth-order valence-electron chi connectivity index (χ4n) is 2.14. The summed E-state index contributed by atoms with van der Waals surface area (Å²) in [5, 5.41) is 13.9. The molecule has 0 saturated heterocycles. The lowest BCUT2D eigenvalue weighted by atomic mass is 10.2. The molecule has 0 bridgehead atoms. The Labute approximate surface area is 165 Å². The lowest BCUT2D eigenvalue weighted by Gasteiger charge is -2.09. The van der Waals surface area contributed by atoms with Crippen molar-refractivity contribution in [2.45, 2.75) is 6.92 Å². The van der Waals surface area contributed by atoms with Crippen molar-refractivity contribution >= 4 is 34.7 Å². The van der Waals surface area contributed by atoms with Crippen LogP contribution in [0.25, 0.3) is 0 Å². The van der Waals surface area contributed by atoms with Crippen molar-refractivity contribution in [3.63, 3.8) is 0 Å². The van der Waals surface area contributed by atoms with Gasteiger partial charge in [-0.2, -0.15) is 5.10 Å². The molecule has 26 heavy (non-hydrogen) atoms. The molecule has 0 aromatic heterocycles. The number of benzene rings is 2. The van der Waals surface area contributed by atoms with Gasteiger partial charge in [0.15, 0.2) is 23.0 Å². The van der Waals surface area contributed by atoms with E-state index in [1.807, 2.05) is 29.5 Å². The zero-order chi connectivity index (χ0) is 19.1. The Morgan fingerprint density at radius 1 is 1.19 bits per heavy atom. The van der Waals surface area contributed by atoms with E-state index in [1.165, 1.54) is 20.4 Å². The van der Waals surface area contributed by atoms with E-state index in [-0.39, 0.29) is 11.7 Å². The summed E-state index contributed by atoms with van der Waals surface area (Å²) in [6, 6.07) is 8.20. The van der Waals surface area contributed by atoms with Gasteiger partial charge in [0, 0.05) is 5.56 Å². The van der Waals surface area contributed by atoms with Crippen LogP contribution in [0.15, 0.2) is 35.4 Å². The second kappa shape index (κ2) is 9.27. The third-order valence-corrected chi connectivity index (χ3v) is 4.20. The molecule has 0 aliphatic heterocycles. The van der Waals surface area contributed by atoms with Gasteiger partial charge < -0.3 is 19.3 Å². The summed E-state index contributed by atoms with van der Waals surface area (Å²) in [6.45, 7) is 2.26. The van der Waals surface area contributed by atoms with Gasteiger partial charge >= 0.3 is 0 Å². The van der Waals surface area contributed by atoms with Gasteiger partial charge in [0.1, 0.15) is 0 Å². The number of phenols is 1. The number of carbonyl (C=O) groups excluding carboxylic acids is 1. The third kappa shape index (κ3) is 4.78. The molecule has 0 unspecified atom stereocenters. The van der Waals surface area contributed by atoms with Crippen molar-refractivity contribution in [2.24, 2.45) is 5.10 Å². The highest BCUT2D eigenvalue weighted by atomic mass is 127. The first-order chi connectivity index (χ1) is 12.5. The number of nitrogens with zero attached hydrogens (tertiary/aromatic N) is 1. The van der Waals surface area contributed by atoms with E-state index in [4.69, 9.17) is 14.2 Å². The number of hydrazone groups is 1. The van der Waals surface area contributed by atoms with Crippen LogP contribution < -0.4 is 19.6 Å². The quantitative estimate of drug-likeness (QED) is 0.369. The van der Waals surface area contributed by atoms with E-state index in [9.17, 15) is 9.90 Å². The Bertz CT molecular complexity index is 823. The van der Waals surface area contributed by atoms with E-state index >= 15 is 0 Å². The van der Waals surface area contributed by atoms with E-state index in [1.54, 1.807) is 30.3 Å². The molecule has 0 aliphatic carbocycles. The molecule has 0 fully saturated rings. The van der Waals surface area contributed by atoms with Gasteiger partial charge in [-0.15, -0.1) is 0 Å². The summed E-state index contributed by atoms with van der Waals surface area (Å²) < 4.78 is 16.3. The van der Waals surface area contributed by atoms with Crippen LogP contribution in [0.5, 0.6) is 23.0 Å². The van der Waals surface area contributed by atoms with Gasteiger partial charge in [-0.25, -0.2) is 5.43 Å². The van der Waals surface area contributed by atoms with Crippen LogP contribution in [0.2, 0.25) is 0 Å². The second-order valence-corrected chi connectivity index (χ2v) is 6.21. The van der Waals surface area contributed by atoms with Crippen molar-refractivity contribution in [3.8, 4) is 23.0 Å². The standard InChI is InChI=1S/C18H19IN2O5/c1-4-26-16-8-11(7-13(19)17(16)22)10-20-21-18(23)12-5-6-14(24-2)15(9-12)25-3/h5-10,22H,4H2,1-3H3,(H,21,23)/b20-10+. The van der Waals surface area contributed by atoms with Crippen LogP contribution in [0, 0.1) is 3.57 Å². The minimum atomic E-state index is -0.388. The summed E-state index contributed by atoms with van der Waals surface area (Å²) in [7, 11) is 3.03. The smallest absolute Gasteiger partial charge is 0.271 e. The molecule has 138 valence electrons. The highest BCUT2D eigenvalue weighted by Gasteiger charge is 2.11. The first kappa shape index (κ1) is 19.8. The maximum atomic E-state index is 12.2. The summed E-state index contributed by atoms with van der Waals surface area (Å²) in [6.07, 6.45) is 1.47. The molecule has 1 amide bonds. The number of aromatic hydroxyl groups is 1. The molecule has 7 nitrogen and oxygen atoms in total. The number of hydrogen-bond acceptors (Lipinski definition) is 6. The number of halogens is 1. The fraction of sp³-hybridized carbons (Fsp3) is 0.222. The average Bonchev–Trinajstić information content (AvgIpc) is 2.65. The molecule has 0 saturated carbocycles. The predicted molar refractivity (Wildman–Crippen MR) is 107 cm³/mol. The zero-order valence-corrected chi connectivity index (χ0v) is 16.7. The first-order valence-corrected chi connectivity index (χ1v) is 8.78. The first-order valence-electron chi connectivity index (χ1n) is 7.70. The minimum Gasteiger partial charge on any atom is -0.504 e. The van der Waals surface area contributed by atoms with Crippen LogP contribution >= 0.6 is 22.6 Å². The fourth-order valence-corrected chi connectivity index (χ4v) is 2.77. The van der Waals surface area contributed by atoms with Crippen LogP contribution in [0.4, 0.5) is 0 Å². The Hall–Kier alpha value is -2.49. The lowest BCUT2D eigenvalue weighted by molar-refractivity contribution is 0.0954. The number of rotatable bonds is 7. The molecule has 0 aliphatic rings. The van der Waals surface area contributed by atoms with Crippen molar-refractivity contribution in [1.82, 2.24) is 5.43 Å². The van der Waals surface area contributed by atoms with E-state index < -0.39 is 0 Å². The molecule has 8 heteroatoms. The lowest BCUT2D eigenvalue weighted by Crippen LogP contribution is -2.17. The van der Waals surface area contributed by atoms with E-state index in [2.05, 4.69) is 10.5 Å². The maximum absolute atomic E-state index is 12.2. The number of hydrogen-bond donors (Lipinski definition) is 2. The van der Waals surface area contributed by atoms with Crippen LogP contribution in [-0.2, 0) is 0 Å². The van der Waals surface area contributed by atoms with Gasteiger partial charge in [-0.3, -0.25) is 4.79 Å². The van der Waals surface area contributed by atoms with Crippen LogP contribution in [0.3, 0.4) is 0 Å². The Morgan fingerprint density at radius 3 is 2.58 bits per heavy atom. The summed E-state index contributed by atoms with van der Waals surface area (Å²) in [5.74, 6) is 1.06.